The summed E-state index contributed by atoms with van der Waals surface area (Å²) in [5.74, 6) is -2.22. The van der Waals surface area contributed by atoms with Crippen LogP contribution in [0.2, 0.25) is 0 Å². The maximum atomic E-state index is 14.6. The molecular weight excluding hydrogens is 685 g/mol. The van der Waals surface area contributed by atoms with Gasteiger partial charge in [-0.2, -0.15) is 4.31 Å². The summed E-state index contributed by atoms with van der Waals surface area (Å²) in [6.07, 6.45) is 7.44. The normalized spacial score (nSPS) is 26.5. The van der Waals surface area contributed by atoms with E-state index in [1.165, 1.54) is 4.31 Å². The third-order valence-electron chi connectivity index (χ3n) is 12.2. The van der Waals surface area contributed by atoms with Gasteiger partial charge in [0.15, 0.2) is 0 Å². The minimum atomic E-state index is -3.76. The molecule has 0 spiro atoms. The lowest BCUT2D eigenvalue weighted by atomic mass is 9.83. The molecule has 13 nitrogen and oxygen atoms in total. The van der Waals surface area contributed by atoms with Crippen molar-refractivity contribution in [1.82, 2.24) is 30.5 Å². The van der Waals surface area contributed by atoms with E-state index in [9.17, 15) is 32.4 Å². The van der Waals surface area contributed by atoms with E-state index in [0.717, 1.165) is 44.9 Å². The predicted molar refractivity (Wildman–Crippen MR) is 198 cm³/mol. The number of hydrogen-bond donors (Lipinski definition) is 4. The number of urea groups is 1. The number of nitrogens with zero attached hydrogens (tertiary/aromatic N) is 2. The van der Waals surface area contributed by atoms with Crippen LogP contribution < -0.4 is 21.3 Å². The average molecular weight is 749 g/mol. The van der Waals surface area contributed by atoms with E-state index in [4.69, 9.17) is 0 Å². The summed E-state index contributed by atoms with van der Waals surface area (Å²) in [5, 5.41) is 11.6. The van der Waals surface area contributed by atoms with Gasteiger partial charge in [0.1, 0.15) is 12.1 Å². The average Bonchev–Trinajstić information content (AvgIpc) is 3.97. The molecule has 5 rings (SSSR count). The van der Waals surface area contributed by atoms with Crippen molar-refractivity contribution >= 4 is 39.6 Å². The van der Waals surface area contributed by atoms with E-state index in [2.05, 4.69) is 35.1 Å². The molecular formula is C38H64N6O7S. The fourth-order valence-electron chi connectivity index (χ4n) is 8.90. The first kappa shape index (κ1) is 40.4. The van der Waals surface area contributed by atoms with E-state index in [0.29, 0.717) is 32.4 Å². The summed E-state index contributed by atoms with van der Waals surface area (Å²) in [4.78, 5) is 70.3. The fourth-order valence-corrected chi connectivity index (χ4v) is 11.3. The minimum Gasteiger partial charge on any atom is -0.347 e. The molecule has 5 aliphatic rings. The Morgan fingerprint density at radius 3 is 2.04 bits per heavy atom. The van der Waals surface area contributed by atoms with Gasteiger partial charge in [-0.3, -0.25) is 19.2 Å². The van der Waals surface area contributed by atoms with Gasteiger partial charge in [-0.15, -0.1) is 0 Å². The molecule has 4 aliphatic carbocycles. The van der Waals surface area contributed by atoms with Crippen molar-refractivity contribution < 1.29 is 32.4 Å². The standard InChI is InChI=1S/C38H64N6O7S/c1-10-44(36(5,6)7)52(50,51)22-38(18-12-11-13-19-38)42-34(49)41-30(35(2,3)4)33(48)43-21-25-27(37(25,8)9)28(43)31(46)40-26(20-23-14-15-23)29(45)32(47)39-24-16-17-24/h23-28,30H,10-22H2,1-9H3,(H,39,47)(H,40,46)(H2,41,42,49)/t25-,26-,27-,28-,30+/m0/s1. The Labute approximate surface area is 311 Å². The molecule has 1 aliphatic heterocycles. The number of piperidine rings is 1. The smallest absolute Gasteiger partial charge is 0.315 e. The van der Waals surface area contributed by atoms with Crippen LogP contribution in [0.5, 0.6) is 0 Å². The Balaban J connectivity index is 1.34. The zero-order chi connectivity index (χ0) is 38.6. The highest BCUT2D eigenvalue weighted by Crippen LogP contribution is 2.65. The second-order valence-corrected chi connectivity index (χ2v) is 21.0. The molecule has 5 fully saturated rings. The van der Waals surface area contributed by atoms with Gasteiger partial charge in [0, 0.05) is 24.7 Å². The quantitative estimate of drug-likeness (QED) is 0.197. The lowest BCUT2D eigenvalue weighted by molar-refractivity contribution is -0.145. The van der Waals surface area contributed by atoms with Gasteiger partial charge in [0.25, 0.3) is 5.91 Å². The molecule has 14 heteroatoms. The van der Waals surface area contributed by atoms with Crippen molar-refractivity contribution in [2.75, 3.05) is 18.8 Å². The zero-order valence-electron chi connectivity index (χ0n) is 32.9. The largest absolute Gasteiger partial charge is 0.347 e. The number of ketones is 1. The van der Waals surface area contributed by atoms with Crippen LogP contribution in [-0.4, -0.2) is 101 Å². The Bertz CT molecular complexity index is 1520. The lowest BCUT2D eigenvalue weighted by Gasteiger charge is -2.42. The molecule has 4 N–H and O–H groups in total. The molecule has 4 saturated carbocycles. The third-order valence-corrected chi connectivity index (χ3v) is 14.6. The highest BCUT2D eigenvalue weighted by atomic mass is 32.2. The minimum absolute atomic E-state index is 0.00985. The fraction of sp³-hybridized carbons (Fsp3) is 0.868. The number of rotatable bonds is 14. The number of fused-ring (bicyclic) bond motifs is 1. The van der Waals surface area contributed by atoms with Crippen molar-refractivity contribution in [1.29, 1.82) is 0 Å². The van der Waals surface area contributed by atoms with Gasteiger partial charge in [-0.25, -0.2) is 13.2 Å². The molecule has 0 radical (unpaired) electrons. The van der Waals surface area contributed by atoms with Crippen LogP contribution in [0, 0.1) is 28.6 Å². The van der Waals surface area contributed by atoms with Crippen LogP contribution in [0.3, 0.4) is 0 Å². The van der Waals surface area contributed by atoms with Crippen LogP contribution in [0.1, 0.15) is 127 Å². The molecule has 5 atom stereocenters. The third kappa shape index (κ3) is 8.96. The topological polar surface area (TPSA) is 174 Å². The number of likely N-dealkylation sites (tertiary alicyclic amines) is 1. The molecule has 294 valence electrons. The number of hydrogen-bond acceptors (Lipinski definition) is 7. The van der Waals surface area contributed by atoms with Gasteiger partial charge in [0.2, 0.25) is 27.6 Å². The Hall–Kier alpha value is -2.74. The van der Waals surface area contributed by atoms with Crippen molar-refractivity contribution in [3.05, 3.63) is 0 Å². The maximum absolute atomic E-state index is 14.6. The van der Waals surface area contributed by atoms with E-state index in [-0.39, 0.29) is 35.0 Å². The number of nitrogens with one attached hydrogen (secondary N) is 4. The molecule has 1 saturated heterocycles. The summed E-state index contributed by atoms with van der Waals surface area (Å²) < 4.78 is 29.1. The van der Waals surface area contributed by atoms with Crippen LogP contribution in [-0.2, 0) is 29.2 Å². The molecule has 52 heavy (non-hydrogen) atoms. The Kier molecular flexibility index (Phi) is 11.3. The van der Waals surface area contributed by atoms with Crippen molar-refractivity contribution in [3.8, 4) is 0 Å². The van der Waals surface area contributed by atoms with Crippen molar-refractivity contribution in [2.24, 2.45) is 28.6 Å². The van der Waals surface area contributed by atoms with Crippen LogP contribution >= 0.6 is 0 Å². The van der Waals surface area contributed by atoms with Crippen LogP contribution in [0.15, 0.2) is 0 Å². The molecule has 5 amide bonds. The summed E-state index contributed by atoms with van der Waals surface area (Å²) in [5.41, 5.74) is -2.59. The molecule has 0 unspecified atom stereocenters. The Morgan fingerprint density at radius 2 is 1.52 bits per heavy atom. The van der Waals surface area contributed by atoms with E-state index in [1.54, 1.807) is 4.90 Å². The van der Waals surface area contributed by atoms with Crippen LogP contribution in [0.25, 0.3) is 0 Å². The van der Waals surface area contributed by atoms with Crippen molar-refractivity contribution in [2.45, 2.75) is 162 Å². The summed E-state index contributed by atoms with van der Waals surface area (Å²) in [6, 6.07) is -3.47. The van der Waals surface area contributed by atoms with E-state index >= 15 is 0 Å². The van der Waals surface area contributed by atoms with Gasteiger partial charge >= 0.3 is 6.03 Å². The molecule has 0 aromatic heterocycles. The van der Waals surface area contributed by atoms with Gasteiger partial charge in [0.05, 0.1) is 17.3 Å². The molecule has 0 bridgehead atoms. The SMILES string of the molecule is CCN(C(C)(C)C)S(=O)(=O)CC1(NC(=O)N[C@H](C(=O)N2C[C@H]3[C@@H]([C@H]2C(=O)N[C@@H](CC2CC2)C(=O)C(=O)NC2CC2)C3(C)C)C(C)(C)C)CCCCC1. The summed E-state index contributed by atoms with van der Waals surface area (Å²) in [6.45, 7) is 17.7. The van der Waals surface area contributed by atoms with Gasteiger partial charge in [-0.1, -0.05) is 73.6 Å². The monoisotopic (exact) mass is 748 g/mol. The number of sulfonamides is 1. The van der Waals surface area contributed by atoms with Gasteiger partial charge < -0.3 is 26.2 Å². The first-order valence-electron chi connectivity index (χ1n) is 19.6. The number of carbonyl (C=O) groups excluding carboxylic acids is 5. The maximum Gasteiger partial charge on any atom is 0.315 e. The second-order valence-electron chi connectivity index (χ2n) is 19.1. The number of Topliss-reactive ketones (excluding diaryl/α,β-unsaturated/α-hetero) is 1. The van der Waals surface area contributed by atoms with E-state index in [1.807, 2.05) is 48.5 Å². The van der Waals surface area contributed by atoms with Crippen LogP contribution in [0.4, 0.5) is 4.79 Å². The zero-order valence-corrected chi connectivity index (χ0v) is 33.7. The molecule has 0 aromatic rings. The first-order chi connectivity index (χ1) is 24.0. The second kappa shape index (κ2) is 14.5. The predicted octanol–water partition coefficient (Wildman–Crippen LogP) is 3.47. The number of carbonyl (C=O) groups is 5. The summed E-state index contributed by atoms with van der Waals surface area (Å²) in [7, 11) is -3.76. The highest BCUT2D eigenvalue weighted by molar-refractivity contribution is 7.89. The van der Waals surface area contributed by atoms with Crippen molar-refractivity contribution in [3.63, 3.8) is 0 Å². The number of amides is 5. The molecule has 0 aromatic carbocycles. The molecule has 1 heterocycles. The first-order valence-corrected chi connectivity index (χ1v) is 21.2. The van der Waals surface area contributed by atoms with Gasteiger partial charge in [-0.05, 0) is 81.5 Å². The summed E-state index contributed by atoms with van der Waals surface area (Å²) >= 11 is 0. The highest BCUT2D eigenvalue weighted by Gasteiger charge is 2.70. The Morgan fingerprint density at radius 1 is 0.904 bits per heavy atom. The van der Waals surface area contributed by atoms with E-state index < -0.39 is 74.2 Å². The lowest BCUT2D eigenvalue weighted by Crippen LogP contribution is -2.64.